The average molecular weight is 681 g/mol. The molecule has 262 valence electrons. The number of nitrogens with one attached hydrogen (secondary N) is 2. The topological polar surface area (TPSA) is 149 Å². The van der Waals surface area contributed by atoms with Gasteiger partial charge >= 0.3 is 0 Å². The maximum atomic E-state index is 13.4. The number of aliphatic hydroxyl groups is 2. The lowest BCUT2D eigenvalue weighted by atomic mass is 9.94. The summed E-state index contributed by atoms with van der Waals surface area (Å²) in [7, 11) is 3.12. The highest BCUT2D eigenvalue weighted by molar-refractivity contribution is 6.05. The Hall–Kier alpha value is -4.88. The quantitative estimate of drug-likeness (QED) is 0.179. The molecule has 2 aromatic carbocycles. The number of amides is 2. The predicted molar refractivity (Wildman–Crippen MR) is 191 cm³/mol. The van der Waals surface area contributed by atoms with Crippen LogP contribution in [0.2, 0.25) is 0 Å². The molecule has 0 bridgehead atoms. The van der Waals surface area contributed by atoms with Crippen LogP contribution >= 0.6 is 0 Å². The number of hydrogen-bond donors (Lipinski definition) is 4. The molecule has 0 aliphatic carbocycles. The second kappa shape index (κ2) is 13.8. The van der Waals surface area contributed by atoms with Gasteiger partial charge in [0.25, 0.3) is 11.8 Å². The molecule has 12 nitrogen and oxygen atoms in total. The van der Waals surface area contributed by atoms with E-state index < -0.39 is 11.2 Å². The summed E-state index contributed by atoms with van der Waals surface area (Å²) >= 11 is 0. The number of β-amino-alcohol motifs (C(OH)–C–C–N with tert-alkyl or cyclic N) is 2. The third-order valence-electron chi connectivity index (χ3n) is 9.29. The van der Waals surface area contributed by atoms with Crippen molar-refractivity contribution < 1.29 is 29.3 Å². The van der Waals surface area contributed by atoms with Gasteiger partial charge in [-0.05, 0) is 62.1 Å². The Morgan fingerprint density at radius 2 is 1.10 bits per heavy atom. The maximum absolute atomic E-state index is 13.4. The van der Waals surface area contributed by atoms with Crippen molar-refractivity contribution in [1.29, 1.82) is 0 Å². The second-order valence-electron chi connectivity index (χ2n) is 13.9. The van der Waals surface area contributed by atoms with Crippen molar-refractivity contribution in [1.82, 2.24) is 19.8 Å². The molecule has 2 aliphatic heterocycles. The summed E-state index contributed by atoms with van der Waals surface area (Å²) < 4.78 is 11.1. The third kappa shape index (κ3) is 7.48. The van der Waals surface area contributed by atoms with Crippen LogP contribution in [-0.2, 0) is 13.1 Å². The van der Waals surface area contributed by atoms with Gasteiger partial charge in [0.1, 0.15) is 22.9 Å². The summed E-state index contributed by atoms with van der Waals surface area (Å²) in [6.07, 6.45) is 3.29. The summed E-state index contributed by atoms with van der Waals surface area (Å²) in [5, 5.41) is 26.1. The summed E-state index contributed by atoms with van der Waals surface area (Å²) in [6.45, 7) is 10.9. The molecule has 2 aliphatic rings. The largest absolute Gasteiger partial charge is 0.496 e. The van der Waals surface area contributed by atoms with Crippen LogP contribution < -0.4 is 20.1 Å². The molecule has 0 saturated carbocycles. The second-order valence-corrected chi connectivity index (χ2v) is 13.9. The number of benzene rings is 2. The smallest absolute Gasteiger partial charge is 0.274 e. The Labute approximate surface area is 292 Å². The predicted octanol–water partition coefficient (Wildman–Crippen LogP) is 4.42. The van der Waals surface area contributed by atoms with Crippen molar-refractivity contribution in [3.8, 4) is 22.6 Å². The van der Waals surface area contributed by atoms with Crippen LogP contribution in [0.25, 0.3) is 11.1 Å². The fourth-order valence-corrected chi connectivity index (χ4v) is 6.83. The number of carbonyl (C=O) groups is 2. The molecule has 4 aromatic rings. The van der Waals surface area contributed by atoms with Gasteiger partial charge in [0.05, 0.1) is 25.4 Å². The number of anilines is 2. The van der Waals surface area contributed by atoms with Gasteiger partial charge in [-0.2, -0.15) is 0 Å². The highest BCUT2D eigenvalue weighted by atomic mass is 16.5. The minimum absolute atomic E-state index is 0.221. The van der Waals surface area contributed by atoms with Gasteiger partial charge in [-0.15, -0.1) is 0 Å². The summed E-state index contributed by atoms with van der Waals surface area (Å²) in [5.41, 5.74) is 5.53. The molecule has 4 heterocycles. The Balaban J connectivity index is 1.16. The zero-order chi connectivity index (χ0) is 35.8. The molecule has 6 rings (SSSR count). The van der Waals surface area contributed by atoms with E-state index in [1.165, 1.54) is 0 Å². The number of pyridine rings is 2. The fourth-order valence-electron chi connectivity index (χ4n) is 6.83. The van der Waals surface area contributed by atoms with Crippen LogP contribution in [0, 0.1) is 13.8 Å². The number of carbonyl (C=O) groups excluding carboxylic acids is 2. The van der Waals surface area contributed by atoms with Crippen LogP contribution in [0.1, 0.15) is 57.1 Å². The molecule has 2 aromatic heterocycles. The third-order valence-corrected chi connectivity index (χ3v) is 9.29. The average Bonchev–Trinajstić information content (AvgIpc) is 3.05. The first-order chi connectivity index (χ1) is 23.8. The van der Waals surface area contributed by atoms with Crippen molar-refractivity contribution in [3.63, 3.8) is 0 Å². The first-order valence-corrected chi connectivity index (χ1v) is 16.5. The fraction of sp³-hybridized carbons (Fsp3) is 0.368. The molecular weight excluding hydrogens is 636 g/mol. The van der Waals surface area contributed by atoms with E-state index in [0.717, 1.165) is 33.4 Å². The van der Waals surface area contributed by atoms with Crippen LogP contribution in [0.15, 0.2) is 60.9 Å². The molecule has 0 atom stereocenters. The van der Waals surface area contributed by atoms with Gasteiger partial charge in [-0.1, -0.05) is 24.3 Å². The van der Waals surface area contributed by atoms with Crippen molar-refractivity contribution in [2.24, 2.45) is 0 Å². The molecule has 12 heteroatoms. The van der Waals surface area contributed by atoms with Gasteiger partial charge in [0.2, 0.25) is 0 Å². The number of rotatable bonds is 11. The SMILES string of the molecule is COc1cc(C(=O)Nc2cccc(-c3cccc(NC(=O)c4cc(OC)c(CN5CC(C)(O)C5)cn4)c3C)c2C)ncc1CN1CC(C)(O)C1. The molecule has 0 unspecified atom stereocenters. The molecule has 50 heavy (non-hydrogen) atoms. The van der Waals surface area contributed by atoms with E-state index in [4.69, 9.17) is 9.47 Å². The summed E-state index contributed by atoms with van der Waals surface area (Å²) in [5.74, 6) is 0.377. The number of nitrogens with zero attached hydrogens (tertiary/aromatic N) is 4. The maximum Gasteiger partial charge on any atom is 0.274 e. The molecule has 4 N–H and O–H groups in total. The van der Waals surface area contributed by atoms with Gasteiger partial charge in [-0.3, -0.25) is 29.4 Å². The first-order valence-electron chi connectivity index (χ1n) is 16.5. The number of methoxy groups -OCH3 is 2. The molecule has 0 radical (unpaired) electrons. The van der Waals surface area contributed by atoms with Gasteiger partial charge in [0, 0.05) is 86.3 Å². The van der Waals surface area contributed by atoms with Crippen LogP contribution in [0.4, 0.5) is 11.4 Å². The Morgan fingerprint density at radius 1 is 0.720 bits per heavy atom. The Bertz CT molecular complexity index is 1790. The first kappa shape index (κ1) is 35.0. The van der Waals surface area contributed by atoms with E-state index in [0.29, 0.717) is 62.1 Å². The van der Waals surface area contributed by atoms with Crippen LogP contribution in [0.3, 0.4) is 0 Å². The minimum atomic E-state index is -0.681. The van der Waals surface area contributed by atoms with Gasteiger partial charge < -0.3 is 30.3 Å². The Morgan fingerprint density at radius 3 is 1.44 bits per heavy atom. The highest BCUT2D eigenvalue weighted by Gasteiger charge is 2.37. The molecule has 2 fully saturated rings. The lowest BCUT2D eigenvalue weighted by molar-refractivity contribution is -0.0876. The lowest BCUT2D eigenvalue weighted by Crippen LogP contribution is -2.59. The van der Waals surface area contributed by atoms with Gasteiger partial charge in [0.15, 0.2) is 0 Å². The molecular formula is C38H44N6O6. The van der Waals surface area contributed by atoms with E-state index in [-0.39, 0.29) is 23.2 Å². The molecule has 2 saturated heterocycles. The zero-order valence-corrected chi connectivity index (χ0v) is 29.3. The minimum Gasteiger partial charge on any atom is -0.496 e. The zero-order valence-electron chi connectivity index (χ0n) is 29.3. The van der Waals surface area contributed by atoms with E-state index in [9.17, 15) is 19.8 Å². The normalized spacial score (nSPS) is 16.6. The van der Waals surface area contributed by atoms with E-state index in [1.807, 2.05) is 50.2 Å². The summed E-state index contributed by atoms with van der Waals surface area (Å²) in [4.78, 5) is 39.7. The van der Waals surface area contributed by atoms with Crippen LogP contribution in [0.5, 0.6) is 11.5 Å². The molecule has 2 amide bonds. The van der Waals surface area contributed by atoms with E-state index >= 15 is 0 Å². The van der Waals surface area contributed by atoms with E-state index in [2.05, 4.69) is 30.4 Å². The summed E-state index contributed by atoms with van der Waals surface area (Å²) in [6, 6.07) is 14.6. The Kier molecular flexibility index (Phi) is 9.65. The highest BCUT2D eigenvalue weighted by Crippen LogP contribution is 2.35. The van der Waals surface area contributed by atoms with Gasteiger partial charge in [-0.25, -0.2) is 0 Å². The standard InChI is InChI=1S/C38H44N6O6/c1-23-27(9-7-11-29(23)41-35(45)31-13-33(49-5)25(15-39-31)17-43-19-37(3,47)20-43)28-10-8-12-30(24(28)2)42-36(46)32-14-34(50-6)26(16-40-32)18-44-21-38(4,48)22-44/h7-16,47-48H,17-22H2,1-6H3,(H,41,45)(H,42,46). The molecule has 0 spiro atoms. The van der Waals surface area contributed by atoms with Crippen LogP contribution in [-0.4, -0.2) is 93.4 Å². The van der Waals surface area contributed by atoms with E-state index in [1.54, 1.807) is 52.6 Å². The number of ether oxygens (including phenoxy) is 2. The lowest BCUT2D eigenvalue weighted by Gasteiger charge is -2.44. The van der Waals surface area contributed by atoms with Crippen molar-refractivity contribution in [3.05, 3.63) is 94.6 Å². The number of aromatic nitrogens is 2. The number of likely N-dealkylation sites (tertiary alicyclic amines) is 2. The van der Waals surface area contributed by atoms with Crippen molar-refractivity contribution in [2.45, 2.75) is 52.0 Å². The van der Waals surface area contributed by atoms with Crippen molar-refractivity contribution in [2.75, 3.05) is 51.0 Å². The van der Waals surface area contributed by atoms with Crippen molar-refractivity contribution >= 4 is 23.2 Å². The number of hydrogen-bond acceptors (Lipinski definition) is 10. The monoisotopic (exact) mass is 680 g/mol.